The number of hydrogen-bond donors (Lipinski definition) is 0. The van der Waals surface area contributed by atoms with E-state index in [1.165, 1.54) is 41.7 Å². The highest BCUT2D eigenvalue weighted by molar-refractivity contribution is 9.10. The van der Waals surface area contributed by atoms with E-state index in [2.05, 4.69) is 46.0 Å². The van der Waals surface area contributed by atoms with Crippen LogP contribution in [-0.4, -0.2) is 13.1 Å². The van der Waals surface area contributed by atoms with Crippen molar-refractivity contribution in [2.45, 2.75) is 26.2 Å². The second-order valence-electron chi connectivity index (χ2n) is 3.83. The quantitative estimate of drug-likeness (QED) is 0.779. The Kier molecular flexibility index (Phi) is 3.12. The Labute approximate surface area is 94.2 Å². The molecule has 0 atom stereocenters. The van der Waals surface area contributed by atoms with E-state index in [-0.39, 0.29) is 0 Å². The lowest BCUT2D eigenvalue weighted by Crippen LogP contribution is -2.17. The minimum absolute atomic E-state index is 1.11. The maximum Gasteiger partial charge on any atom is 0.0510 e. The van der Waals surface area contributed by atoms with Crippen LogP contribution in [0, 0.1) is 0 Å². The van der Waals surface area contributed by atoms with Gasteiger partial charge in [-0.1, -0.05) is 13.0 Å². The van der Waals surface area contributed by atoms with E-state index in [4.69, 9.17) is 0 Å². The first-order valence-electron chi connectivity index (χ1n) is 5.34. The van der Waals surface area contributed by atoms with E-state index in [0.717, 1.165) is 6.42 Å². The first-order chi connectivity index (χ1) is 6.81. The second-order valence-corrected chi connectivity index (χ2v) is 4.69. The van der Waals surface area contributed by atoms with E-state index in [1.54, 1.807) is 0 Å². The largest absolute Gasteiger partial charge is 0.371 e. The van der Waals surface area contributed by atoms with Gasteiger partial charge >= 0.3 is 0 Å². The van der Waals surface area contributed by atoms with Gasteiger partial charge in [0.05, 0.1) is 5.69 Å². The highest BCUT2D eigenvalue weighted by Gasteiger charge is 2.14. The lowest BCUT2D eigenvalue weighted by molar-refractivity contribution is 0.949. The fraction of sp³-hybridized carbons (Fsp3) is 0.500. The molecule has 0 aliphatic carbocycles. The third-order valence-corrected chi connectivity index (χ3v) is 3.50. The summed E-state index contributed by atoms with van der Waals surface area (Å²) < 4.78 is 1.25. The zero-order valence-corrected chi connectivity index (χ0v) is 10.2. The van der Waals surface area contributed by atoms with Crippen molar-refractivity contribution in [2.24, 2.45) is 0 Å². The van der Waals surface area contributed by atoms with Crippen LogP contribution in [0.3, 0.4) is 0 Å². The van der Waals surface area contributed by atoms with Crippen LogP contribution >= 0.6 is 15.9 Å². The maximum absolute atomic E-state index is 3.66. The zero-order valence-electron chi connectivity index (χ0n) is 8.59. The number of anilines is 1. The molecule has 0 saturated carbocycles. The van der Waals surface area contributed by atoms with E-state index in [0.29, 0.717) is 0 Å². The standard InChI is InChI=1S/C12H16BrN/c1-2-10-5-6-12(11(13)9-10)14-7-3-4-8-14/h5-6,9H,2-4,7-8H2,1H3. The highest BCUT2D eigenvalue weighted by atomic mass is 79.9. The summed E-state index contributed by atoms with van der Waals surface area (Å²) in [6.07, 6.45) is 3.78. The van der Waals surface area contributed by atoms with Gasteiger partial charge in [0.2, 0.25) is 0 Å². The first kappa shape index (κ1) is 10.0. The van der Waals surface area contributed by atoms with Gasteiger partial charge in [0.15, 0.2) is 0 Å². The number of halogens is 1. The van der Waals surface area contributed by atoms with Crippen LogP contribution in [0.1, 0.15) is 25.3 Å². The van der Waals surface area contributed by atoms with Gasteiger partial charge in [-0.15, -0.1) is 0 Å². The fourth-order valence-electron chi connectivity index (χ4n) is 1.98. The molecule has 0 spiro atoms. The van der Waals surface area contributed by atoms with E-state index in [9.17, 15) is 0 Å². The molecule has 0 N–H and O–H groups in total. The van der Waals surface area contributed by atoms with Crippen molar-refractivity contribution in [2.75, 3.05) is 18.0 Å². The lowest BCUT2D eigenvalue weighted by atomic mass is 10.1. The number of hydrogen-bond acceptors (Lipinski definition) is 1. The molecule has 0 unspecified atom stereocenters. The molecule has 1 aromatic carbocycles. The molecule has 76 valence electrons. The second kappa shape index (κ2) is 4.35. The Hall–Kier alpha value is -0.500. The number of nitrogens with zero attached hydrogens (tertiary/aromatic N) is 1. The fourth-order valence-corrected chi connectivity index (χ4v) is 2.66. The molecule has 1 aliphatic rings. The Morgan fingerprint density at radius 3 is 2.57 bits per heavy atom. The predicted molar refractivity (Wildman–Crippen MR) is 65.0 cm³/mol. The summed E-state index contributed by atoms with van der Waals surface area (Å²) in [6, 6.07) is 6.72. The van der Waals surface area contributed by atoms with Crippen LogP contribution < -0.4 is 4.90 Å². The molecule has 14 heavy (non-hydrogen) atoms. The highest BCUT2D eigenvalue weighted by Crippen LogP contribution is 2.29. The molecule has 1 nitrogen and oxygen atoms in total. The van der Waals surface area contributed by atoms with Crippen LogP contribution in [0.15, 0.2) is 22.7 Å². The Morgan fingerprint density at radius 1 is 1.29 bits per heavy atom. The molecule has 0 amide bonds. The van der Waals surface area contributed by atoms with Crippen molar-refractivity contribution in [3.63, 3.8) is 0 Å². The molecular formula is C12H16BrN. The van der Waals surface area contributed by atoms with Crippen molar-refractivity contribution in [1.29, 1.82) is 0 Å². The van der Waals surface area contributed by atoms with Gasteiger partial charge in [0.25, 0.3) is 0 Å². The summed E-state index contributed by atoms with van der Waals surface area (Å²) in [5.41, 5.74) is 2.76. The van der Waals surface area contributed by atoms with Gasteiger partial charge in [0, 0.05) is 17.6 Å². The molecule has 1 aromatic rings. The molecule has 0 aromatic heterocycles. The maximum atomic E-state index is 3.66. The van der Waals surface area contributed by atoms with Crippen LogP contribution in [0.5, 0.6) is 0 Å². The van der Waals surface area contributed by atoms with Gasteiger partial charge in [-0.3, -0.25) is 0 Å². The number of rotatable bonds is 2. The minimum atomic E-state index is 1.11. The average molecular weight is 254 g/mol. The van der Waals surface area contributed by atoms with Crippen LogP contribution in [-0.2, 0) is 6.42 Å². The first-order valence-corrected chi connectivity index (χ1v) is 6.14. The molecule has 2 rings (SSSR count). The zero-order chi connectivity index (χ0) is 9.97. The number of benzene rings is 1. The van der Waals surface area contributed by atoms with Crippen LogP contribution in [0.2, 0.25) is 0 Å². The summed E-state index contributed by atoms with van der Waals surface area (Å²) in [7, 11) is 0. The van der Waals surface area contributed by atoms with E-state index < -0.39 is 0 Å². The minimum Gasteiger partial charge on any atom is -0.371 e. The molecule has 2 heteroatoms. The summed E-state index contributed by atoms with van der Waals surface area (Å²) in [5, 5.41) is 0. The summed E-state index contributed by atoms with van der Waals surface area (Å²) in [6.45, 7) is 4.62. The summed E-state index contributed by atoms with van der Waals surface area (Å²) in [4.78, 5) is 2.46. The van der Waals surface area contributed by atoms with Crippen molar-refractivity contribution in [1.82, 2.24) is 0 Å². The normalized spacial score (nSPS) is 16.3. The molecule has 0 bridgehead atoms. The summed E-state index contributed by atoms with van der Waals surface area (Å²) in [5.74, 6) is 0. The van der Waals surface area contributed by atoms with Crippen molar-refractivity contribution in [3.8, 4) is 0 Å². The summed E-state index contributed by atoms with van der Waals surface area (Å²) >= 11 is 3.66. The third-order valence-electron chi connectivity index (χ3n) is 2.87. The van der Waals surface area contributed by atoms with Crippen molar-refractivity contribution >= 4 is 21.6 Å². The SMILES string of the molecule is CCc1ccc(N2CCCC2)c(Br)c1. The van der Waals surface area contributed by atoms with Gasteiger partial charge in [0.1, 0.15) is 0 Å². The third kappa shape index (κ3) is 1.95. The predicted octanol–water partition coefficient (Wildman–Crippen LogP) is 3.61. The smallest absolute Gasteiger partial charge is 0.0510 e. The van der Waals surface area contributed by atoms with E-state index in [1.807, 2.05) is 0 Å². The van der Waals surface area contributed by atoms with Gasteiger partial charge < -0.3 is 4.90 Å². The van der Waals surface area contributed by atoms with Crippen molar-refractivity contribution < 1.29 is 0 Å². The Bertz CT molecular complexity index is 316. The molecular weight excluding hydrogens is 238 g/mol. The molecule has 1 aliphatic heterocycles. The lowest BCUT2D eigenvalue weighted by Gasteiger charge is -2.19. The van der Waals surface area contributed by atoms with Crippen LogP contribution in [0.4, 0.5) is 5.69 Å². The molecule has 1 heterocycles. The monoisotopic (exact) mass is 253 g/mol. The van der Waals surface area contributed by atoms with E-state index >= 15 is 0 Å². The van der Waals surface area contributed by atoms with Gasteiger partial charge in [-0.2, -0.15) is 0 Å². The van der Waals surface area contributed by atoms with Crippen molar-refractivity contribution in [3.05, 3.63) is 28.2 Å². The average Bonchev–Trinajstić information content (AvgIpc) is 2.70. The number of aryl methyl sites for hydroxylation is 1. The van der Waals surface area contributed by atoms with Crippen LogP contribution in [0.25, 0.3) is 0 Å². The van der Waals surface area contributed by atoms with Gasteiger partial charge in [-0.25, -0.2) is 0 Å². The topological polar surface area (TPSA) is 3.24 Å². The molecule has 1 saturated heterocycles. The molecule has 1 fully saturated rings. The Balaban J connectivity index is 2.25. The van der Waals surface area contributed by atoms with Gasteiger partial charge in [-0.05, 0) is 52.9 Å². The molecule has 0 radical (unpaired) electrons. The Morgan fingerprint density at radius 2 is 2.00 bits per heavy atom.